The van der Waals surface area contributed by atoms with Crippen LogP contribution in [-0.2, 0) is 14.4 Å². The number of imide groups is 1. The molecule has 25 heavy (non-hydrogen) atoms. The third kappa shape index (κ3) is 3.38. The minimum Gasteiger partial charge on any atom is -0.325 e. The van der Waals surface area contributed by atoms with E-state index in [1.807, 2.05) is 12.2 Å². The fourth-order valence-corrected chi connectivity index (χ4v) is 3.41. The van der Waals surface area contributed by atoms with E-state index in [4.69, 9.17) is 0 Å². The maximum atomic E-state index is 12.4. The number of likely N-dealkylation sites (tertiary alicyclic amines) is 1. The van der Waals surface area contributed by atoms with Gasteiger partial charge in [0.15, 0.2) is 5.78 Å². The van der Waals surface area contributed by atoms with Gasteiger partial charge in [0.05, 0.1) is 17.5 Å². The van der Waals surface area contributed by atoms with E-state index >= 15 is 0 Å². The van der Waals surface area contributed by atoms with Gasteiger partial charge in [-0.1, -0.05) is 24.3 Å². The summed E-state index contributed by atoms with van der Waals surface area (Å²) in [5.74, 6) is -1.40. The predicted molar refractivity (Wildman–Crippen MR) is 91.8 cm³/mol. The van der Waals surface area contributed by atoms with Crippen LogP contribution in [0.25, 0.3) is 0 Å². The molecule has 1 N–H and O–H groups in total. The highest BCUT2D eigenvalue weighted by molar-refractivity contribution is 6.06. The van der Waals surface area contributed by atoms with Gasteiger partial charge in [-0.2, -0.15) is 0 Å². The van der Waals surface area contributed by atoms with Gasteiger partial charge in [-0.25, -0.2) is 0 Å². The first-order valence-corrected chi connectivity index (χ1v) is 8.39. The number of carbonyl (C=O) groups is 4. The Morgan fingerprint density at radius 2 is 1.68 bits per heavy atom. The number of nitrogens with zero attached hydrogens (tertiary/aromatic N) is 1. The molecule has 0 unspecified atom stereocenters. The minimum atomic E-state index is -0.331. The third-order valence-corrected chi connectivity index (χ3v) is 4.74. The standard InChI is InChI=1S/C19H20N2O4/c1-12(22)13-6-4-5-9-16(13)20-17(23)10-11-21-18(24)14-7-2-3-8-15(14)19(21)25/h2-6,9,14-15H,7-8,10-11H2,1H3,(H,20,23)/t14-,15-/m1/s1. The zero-order valence-electron chi connectivity index (χ0n) is 14.0. The van der Waals surface area contributed by atoms with Crippen molar-refractivity contribution in [3.63, 3.8) is 0 Å². The molecule has 1 heterocycles. The van der Waals surface area contributed by atoms with Crippen LogP contribution in [0.4, 0.5) is 5.69 Å². The first-order valence-electron chi connectivity index (χ1n) is 8.39. The van der Waals surface area contributed by atoms with Crippen LogP contribution in [0.3, 0.4) is 0 Å². The highest BCUT2D eigenvalue weighted by Gasteiger charge is 2.46. The van der Waals surface area contributed by atoms with Gasteiger partial charge in [-0.3, -0.25) is 24.1 Å². The number of anilines is 1. The fourth-order valence-electron chi connectivity index (χ4n) is 3.41. The van der Waals surface area contributed by atoms with Crippen molar-refractivity contribution in [2.45, 2.75) is 26.2 Å². The Balaban J connectivity index is 1.61. The molecule has 6 heteroatoms. The Morgan fingerprint density at radius 3 is 2.28 bits per heavy atom. The number of hydrogen-bond acceptors (Lipinski definition) is 4. The Morgan fingerprint density at radius 1 is 1.08 bits per heavy atom. The quantitative estimate of drug-likeness (QED) is 0.506. The number of Topliss-reactive ketones (excluding diaryl/α,β-unsaturated/α-hetero) is 1. The van der Waals surface area contributed by atoms with Gasteiger partial charge in [0.25, 0.3) is 0 Å². The van der Waals surface area contributed by atoms with Crippen LogP contribution in [-0.4, -0.2) is 34.9 Å². The molecule has 1 saturated heterocycles. The van der Waals surface area contributed by atoms with Gasteiger partial charge < -0.3 is 5.32 Å². The average molecular weight is 340 g/mol. The van der Waals surface area contributed by atoms with E-state index in [0.717, 1.165) is 0 Å². The largest absolute Gasteiger partial charge is 0.325 e. The molecule has 0 saturated carbocycles. The molecule has 0 aromatic heterocycles. The Kier molecular flexibility index (Phi) is 4.79. The van der Waals surface area contributed by atoms with E-state index in [-0.39, 0.29) is 48.3 Å². The third-order valence-electron chi connectivity index (χ3n) is 4.74. The number of hydrogen-bond donors (Lipinski definition) is 1. The molecule has 1 aromatic carbocycles. The number of amides is 3. The molecule has 0 spiro atoms. The smallest absolute Gasteiger partial charge is 0.233 e. The molecule has 0 radical (unpaired) electrons. The lowest BCUT2D eigenvalue weighted by molar-refractivity contribution is -0.140. The summed E-state index contributed by atoms with van der Waals surface area (Å²) in [6.07, 6.45) is 5.05. The number of carbonyl (C=O) groups excluding carboxylic acids is 4. The second kappa shape index (κ2) is 7.01. The molecule has 6 nitrogen and oxygen atoms in total. The fraction of sp³-hybridized carbons (Fsp3) is 0.368. The van der Waals surface area contributed by atoms with E-state index in [9.17, 15) is 19.2 Å². The molecule has 1 fully saturated rings. The normalized spacial score (nSPS) is 22.0. The molecule has 1 aliphatic carbocycles. The number of benzene rings is 1. The van der Waals surface area contributed by atoms with E-state index in [1.54, 1.807) is 24.3 Å². The van der Waals surface area contributed by atoms with Crippen molar-refractivity contribution < 1.29 is 19.2 Å². The molecule has 1 aromatic rings. The van der Waals surface area contributed by atoms with Crippen molar-refractivity contribution in [3.8, 4) is 0 Å². The van der Waals surface area contributed by atoms with Crippen LogP contribution in [0.15, 0.2) is 36.4 Å². The van der Waals surface area contributed by atoms with Crippen molar-refractivity contribution in [1.82, 2.24) is 4.90 Å². The van der Waals surface area contributed by atoms with Gasteiger partial charge in [-0.15, -0.1) is 0 Å². The van der Waals surface area contributed by atoms with E-state index in [0.29, 0.717) is 24.1 Å². The molecule has 0 bridgehead atoms. The minimum absolute atomic E-state index is 0.0105. The Bertz CT molecular complexity index is 742. The lowest BCUT2D eigenvalue weighted by Crippen LogP contribution is -2.34. The summed E-state index contributed by atoms with van der Waals surface area (Å²) in [7, 11) is 0. The molecule has 3 rings (SSSR count). The summed E-state index contributed by atoms with van der Waals surface area (Å²) in [6, 6.07) is 6.75. The molecule has 2 aliphatic rings. The summed E-state index contributed by atoms with van der Waals surface area (Å²) >= 11 is 0. The van der Waals surface area contributed by atoms with Crippen LogP contribution < -0.4 is 5.32 Å². The highest BCUT2D eigenvalue weighted by atomic mass is 16.2. The topological polar surface area (TPSA) is 83.6 Å². The number of allylic oxidation sites excluding steroid dienone is 2. The number of ketones is 1. The van der Waals surface area contributed by atoms with Gasteiger partial charge in [0.2, 0.25) is 17.7 Å². The summed E-state index contributed by atoms with van der Waals surface area (Å²) < 4.78 is 0. The monoisotopic (exact) mass is 340 g/mol. The summed E-state index contributed by atoms with van der Waals surface area (Å²) in [6.45, 7) is 1.50. The van der Waals surface area contributed by atoms with Gasteiger partial charge >= 0.3 is 0 Å². The molecule has 3 amide bonds. The van der Waals surface area contributed by atoms with Gasteiger partial charge in [0.1, 0.15) is 0 Å². The predicted octanol–water partition coefficient (Wildman–Crippen LogP) is 2.17. The van der Waals surface area contributed by atoms with E-state index < -0.39 is 0 Å². The highest BCUT2D eigenvalue weighted by Crippen LogP contribution is 2.35. The van der Waals surface area contributed by atoms with Crippen molar-refractivity contribution in [3.05, 3.63) is 42.0 Å². The lowest BCUT2D eigenvalue weighted by atomic mass is 9.85. The van der Waals surface area contributed by atoms with Crippen LogP contribution >= 0.6 is 0 Å². The Hall–Kier alpha value is -2.76. The first-order chi connectivity index (χ1) is 12.0. The van der Waals surface area contributed by atoms with Crippen LogP contribution in [0.5, 0.6) is 0 Å². The van der Waals surface area contributed by atoms with E-state index in [1.165, 1.54) is 11.8 Å². The second-order valence-corrected chi connectivity index (χ2v) is 6.38. The number of rotatable bonds is 5. The van der Waals surface area contributed by atoms with Crippen molar-refractivity contribution in [2.24, 2.45) is 11.8 Å². The molecule has 2 atom stereocenters. The van der Waals surface area contributed by atoms with Crippen molar-refractivity contribution >= 4 is 29.2 Å². The summed E-state index contributed by atoms with van der Waals surface area (Å²) in [4.78, 5) is 49.7. The van der Waals surface area contributed by atoms with Gasteiger partial charge in [-0.05, 0) is 31.9 Å². The number of fused-ring (bicyclic) bond motifs is 1. The van der Waals surface area contributed by atoms with Crippen molar-refractivity contribution in [2.75, 3.05) is 11.9 Å². The zero-order chi connectivity index (χ0) is 18.0. The SMILES string of the molecule is CC(=O)c1ccccc1NC(=O)CCN1C(=O)[C@@H]2CC=CC[C@H]2C1=O. The molecular weight excluding hydrogens is 320 g/mol. The molecular formula is C19H20N2O4. The summed E-state index contributed by atoms with van der Waals surface area (Å²) in [5, 5.41) is 2.69. The average Bonchev–Trinajstić information content (AvgIpc) is 2.85. The van der Waals surface area contributed by atoms with Crippen LogP contribution in [0, 0.1) is 11.8 Å². The molecule has 130 valence electrons. The summed E-state index contributed by atoms with van der Waals surface area (Å²) in [5.41, 5.74) is 0.873. The molecule has 1 aliphatic heterocycles. The zero-order valence-corrected chi connectivity index (χ0v) is 14.0. The number of para-hydroxylation sites is 1. The number of nitrogens with one attached hydrogen (secondary N) is 1. The maximum absolute atomic E-state index is 12.4. The maximum Gasteiger partial charge on any atom is 0.233 e. The second-order valence-electron chi connectivity index (χ2n) is 6.38. The Labute approximate surface area is 145 Å². The van der Waals surface area contributed by atoms with Crippen LogP contribution in [0.1, 0.15) is 36.5 Å². The van der Waals surface area contributed by atoms with Crippen LogP contribution in [0.2, 0.25) is 0 Å². The first kappa shape index (κ1) is 17.1. The van der Waals surface area contributed by atoms with Gasteiger partial charge in [0, 0.05) is 18.5 Å². The van der Waals surface area contributed by atoms with Crippen molar-refractivity contribution in [1.29, 1.82) is 0 Å². The van der Waals surface area contributed by atoms with E-state index in [2.05, 4.69) is 5.32 Å². The lowest BCUT2D eigenvalue weighted by Gasteiger charge is -2.15.